The Balaban J connectivity index is 2.32. The van der Waals surface area contributed by atoms with Crippen LogP contribution in [0.1, 0.15) is 30.5 Å². The minimum atomic E-state index is -1.62. The highest BCUT2D eigenvalue weighted by atomic mass is 28.3. The Morgan fingerprint density at radius 1 is 0.917 bits per heavy atom. The van der Waals surface area contributed by atoms with Gasteiger partial charge in [0.2, 0.25) is 0 Å². The predicted molar refractivity (Wildman–Crippen MR) is 107 cm³/mol. The maximum atomic E-state index is 5.73. The molecule has 0 N–H and O–H groups in total. The third-order valence-electron chi connectivity index (χ3n) is 5.85. The average molecular weight is 337 g/mol. The van der Waals surface area contributed by atoms with Gasteiger partial charge in [-0.1, -0.05) is 88.1 Å². The van der Waals surface area contributed by atoms with Crippen molar-refractivity contribution in [2.75, 3.05) is 7.11 Å². The monoisotopic (exact) mass is 336 g/mol. The number of methoxy groups -OCH3 is 1. The summed E-state index contributed by atoms with van der Waals surface area (Å²) in [5.41, 5.74) is 4.06. The lowest BCUT2D eigenvalue weighted by atomic mass is 9.70. The molecule has 0 heterocycles. The molecule has 0 saturated carbocycles. The number of ether oxygens (including phenoxy) is 1. The Morgan fingerprint density at radius 2 is 1.54 bits per heavy atom. The zero-order valence-corrected chi connectivity index (χ0v) is 16.7. The van der Waals surface area contributed by atoms with E-state index in [1.165, 1.54) is 16.7 Å². The van der Waals surface area contributed by atoms with Gasteiger partial charge in [0.1, 0.15) is 5.75 Å². The van der Waals surface area contributed by atoms with Crippen LogP contribution in [0.4, 0.5) is 0 Å². The van der Waals surface area contributed by atoms with Crippen molar-refractivity contribution in [3.63, 3.8) is 0 Å². The lowest BCUT2D eigenvalue weighted by molar-refractivity contribution is 0.363. The first-order valence-corrected chi connectivity index (χ1v) is 12.2. The molecule has 0 saturated heterocycles. The number of hydrogen-bond acceptors (Lipinski definition) is 1. The first kappa shape index (κ1) is 17.0. The molecule has 1 unspecified atom stereocenters. The van der Waals surface area contributed by atoms with Gasteiger partial charge in [-0.25, -0.2) is 0 Å². The summed E-state index contributed by atoms with van der Waals surface area (Å²) in [4.78, 5) is 0. The minimum absolute atomic E-state index is 0.0330. The van der Waals surface area contributed by atoms with Crippen LogP contribution in [-0.2, 0) is 10.5 Å². The molecule has 2 aromatic carbocycles. The lowest BCUT2D eigenvalue weighted by Gasteiger charge is -2.52. The molecule has 24 heavy (non-hydrogen) atoms. The van der Waals surface area contributed by atoms with Gasteiger partial charge in [0.05, 0.1) is 15.2 Å². The summed E-state index contributed by atoms with van der Waals surface area (Å²) in [5, 5.41) is 0.0330. The minimum Gasteiger partial charge on any atom is -0.496 e. The zero-order chi connectivity index (χ0) is 17.6. The smallest absolute Gasteiger partial charge is 0.122 e. The molecule has 2 aromatic rings. The summed E-state index contributed by atoms with van der Waals surface area (Å²) in [6.07, 6.45) is 4.81. The van der Waals surface area contributed by atoms with Crippen molar-refractivity contribution in [1.82, 2.24) is 0 Å². The lowest BCUT2D eigenvalue weighted by Crippen LogP contribution is -2.58. The zero-order valence-electron chi connectivity index (χ0n) is 15.7. The molecule has 0 radical (unpaired) electrons. The van der Waals surface area contributed by atoms with Gasteiger partial charge in [-0.15, -0.1) is 0 Å². The van der Waals surface area contributed by atoms with Gasteiger partial charge < -0.3 is 4.74 Å². The Labute approximate surface area is 147 Å². The molecular formula is C22H28OSi. The molecule has 3 rings (SSSR count). The van der Waals surface area contributed by atoms with Crippen molar-refractivity contribution >= 4 is 14.1 Å². The molecule has 0 aliphatic heterocycles. The van der Waals surface area contributed by atoms with Crippen LogP contribution >= 0.6 is 0 Å². The highest BCUT2D eigenvalue weighted by molar-refractivity contribution is 6.80. The van der Waals surface area contributed by atoms with E-state index < -0.39 is 8.07 Å². The second kappa shape index (κ2) is 5.63. The molecule has 0 spiro atoms. The molecule has 0 aromatic heterocycles. The van der Waals surface area contributed by atoms with Crippen molar-refractivity contribution in [2.45, 2.75) is 43.9 Å². The van der Waals surface area contributed by atoms with Crippen molar-refractivity contribution < 1.29 is 4.74 Å². The first-order valence-electron chi connectivity index (χ1n) is 8.68. The Hall–Kier alpha value is -1.80. The highest BCUT2D eigenvalue weighted by Crippen LogP contribution is 2.56. The number of fused-ring (bicyclic) bond motifs is 1. The summed E-state index contributed by atoms with van der Waals surface area (Å²) in [6.45, 7) is 12.2. The van der Waals surface area contributed by atoms with E-state index in [2.05, 4.69) is 94.2 Å². The van der Waals surface area contributed by atoms with E-state index in [9.17, 15) is 0 Å². The summed E-state index contributed by atoms with van der Waals surface area (Å²) in [6, 6.07) is 17.4. The number of rotatable bonds is 4. The normalized spacial score (nSPS) is 20.1. The summed E-state index contributed by atoms with van der Waals surface area (Å²) in [7, 11) is 0.150. The summed E-state index contributed by atoms with van der Waals surface area (Å²) >= 11 is 0. The molecule has 0 bridgehead atoms. The Morgan fingerprint density at radius 3 is 2.21 bits per heavy atom. The fourth-order valence-electron chi connectivity index (χ4n) is 4.82. The standard InChI is InChI=1S/C22H28OSi/c1-21(2,19-13-9-10-14-20(19)23-3)22(24(4,5)6)16-15-17-11-7-8-12-18(17)22/h7-16H,1-6H3. The third kappa shape index (κ3) is 2.20. The fraction of sp³-hybridized carbons (Fsp3) is 0.364. The van der Waals surface area contributed by atoms with Crippen LogP contribution in [-0.4, -0.2) is 15.2 Å². The van der Waals surface area contributed by atoms with Gasteiger partial charge in [-0.2, -0.15) is 0 Å². The second-order valence-corrected chi connectivity index (χ2v) is 13.6. The summed E-state index contributed by atoms with van der Waals surface area (Å²) < 4.78 is 5.73. The van der Waals surface area contributed by atoms with E-state index >= 15 is 0 Å². The quantitative estimate of drug-likeness (QED) is 0.640. The maximum absolute atomic E-state index is 5.73. The second-order valence-electron chi connectivity index (χ2n) is 8.30. The fourth-order valence-corrected chi connectivity index (χ4v) is 8.44. The number of benzene rings is 2. The van der Waals surface area contributed by atoms with Crippen LogP contribution in [0.5, 0.6) is 5.75 Å². The van der Waals surface area contributed by atoms with Crippen LogP contribution in [0.2, 0.25) is 19.6 Å². The van der Waals surface area contributed by atoms with Crippen LogP contribution < -0.4 is 4.74 Å². The van der Waals surface area contributed by atoms with Gasteiger partial charge in [-0.05, 0) is 17.2 Å². The predicted octanol–water partition coefficient (Wildman–Crippen LogP) is 5.82. The molecule has 2 heteroatoms. The van der Waals surface area contributed by atoms with Gasteiger partial charge >= 0.3 is 0 Å². The molecule has 126 valence electrons. The molecule has 0 amide bonds. The van der Waals surface area contributed by atoms with Gasteiger partial charge in [0, 0.05) is 16.0 Å². The molecule has 0 fully saturated rings. The average Bonchev–Trinajstić information content (AvgIpc) is 2.96. The largest absolute Gasteiger partial charge is 0.496 e. The van der Waals surface area contributed by atoms with Crippen LogP contribution in [0.3, 0.4) is 0 Å². The van der Waals surface area contributed by atoms with Crippen LogP contribution in [0.25, 0.3) is 6.08 Å². The number of para-hydroxylation sites is 1. The highest BCUT2D eigenvalue weighted by Gasteiger charge is 2.56. The van der Waals surface area contributed by atoms with Crippen LogP contribution in [0, 0.1) is 0 Å². The van der Waals surface area contributed by atoms with Crippen molar-refractivity contribution in [1.29, 1.82) is 0 Å². The molecule has 1 nitrogen and oxygen atoms in total. The van der Waals surface area contributed by atoms with E-state index in [4.69, 9.17) is 4.74 Å². The molecule has 1 aliphatic carbocycles. The van der Waals surface area contributed by atoms with Crippen molar-refractivity contribution in [2.24, 2.45) is 0 Å². The van der Waals surface area contributed by atoms with Gasteiger partial charge in [0.15, 0.2) is 0 Å². The first-order chi connectivity index (χ1) is 11.3. The summed E-state index contributed by atoms with van der Waals surface area (Å²) in [5.74, 6) is 0.984. The van der Waals surface area contributed by atoms with Gasteiger partial charge in [0.25, 0.3) is 0 Å². The Kier molecular flexibility index (Phi) is 3.99. The number of allylic oxidation sites excluding steroid dienone is 1. The van der Waals surface area contributed by atoms with E-state index in [0.717, 1.165) is 5.75 Å². The van der Waals surface area contributed by atoms with E-state index in [-0.39, 0.29) is 10.5 Å². The molecular weight excluding hydrogens is 308 g/mol. The van der Waals surface area contributed by atoms with Crippen LogP contribution in [0.15, 0.2) is 54.6 Å². The van der Waals surface area contributed by atoms with Crippen molar-refractivity contribution in [3.05, 3.63) is 71.3 Å². The van der Waals surface area contributed by atoms with Gasteiger partial charge in [-0.3, -0.25) is 0 Å². The number of hydrogen-bond donors (Lipinski definition) is 0. The molecule has 1 aliphatic rings. The van der Waals surface area contributed by atoms with E-state index in [1.54, 1.807) is 7.11 Å². The Bertz CT molecular complexity index is 783. The SMILES string of the molecule is COc1ccccc1C(C)(C)C1([Si](C)(C)C)C=Cc2ccccc21. The van der Waals surface area contributed by atoms with E-state index in [0.29, 0.717) is 0 Å². The topological polar surface area (TPSA) is 9.23 Å². The molecule has 1 atom stereocenters. The van der Waals surface area contributed by atoms with Crippen molar-refractivity contribution in [3.8, 4) is 5.75 Å². The maximum Gasteiger partial charge on any atom is 0.122 e. The van der Waals surface area contributed by atoms with E-state index in [1.807, 2.05) is 0 Å². The third-order valence-corrected chi connectivity index (χ3v) is 9.27.